The molecule has 1 saturated heterocycles. The third kappa shape index (κ3) is 3.93. The number of nitrogens with zero attached hydrogens (tertiary/aromatic N) is 2. The monoisotopic (exact) mass is 455 g/mol. The number of hydrogen-bond donors (Lipinski definition) is 1. The maximum absolute atomic E-state index is 13.3. The van der Waals surface area contributed by atoms with Crippen molar-refractivity contribution in [3.8, 4) is 0 Å². The van der Waals surface area contributed by atoms with Crippen LogP contribution in [0.1, 0.15) is 37.8 Å². The van der Waals surface area contributed by atoms with Gasteiger partial charge in [0.2, 0.25) is 21.8 Å². The zero-order chi connectivity index (χ0) is 23.1. The quantitative estimate of drug-likeness (QED) is 0.751. The first-order valence-electron chi connectivity index (χ1n) is 10.9. The number of fused-ring (bicyclic) bond motifs is 1. The summed E-state index contributed by atoms with van der Waals surface area (Å²) in [5, 5.41) is 2.96. The molecule has 0 radical (unpaired) electrons. The van der Waals surface area contributed by atoms with Crippen LogP contribution >= 0.6 is 0 Å². The molecule has 2 amide bonds. The van der Waals surface area contributed by atoms with Crippen LogP contribution in [-0.4, -0.2) is 44.7 Å². The van der Waals surface area contributed by atoms with E-state index in [0.29, 0.717) is 32.5 Å². The molecule has 7 nitrogen and oxygen atoms in total. The van der Waals surface area contributed by atoms with Crippen molar-refractivity contribution >= 4 is 27.5 Å². The van der Waals surface area contributed by atoms with Gasteiger partial charge in [-0.2, -0.15) is 4.31 Å². The van der Waals surface area contributed by atoms with Crippen LogP contribution in [0.4, 0.5) is 5.69 Å². The second-order valence-electron chi connectivity index (χ2n) is 9.05. The van der Waals surface area contributed by atoms with Crippen molar-refractivity contribution in [2.24, 2.45) is 5.92 Å². The predicted molar refractivity (Wildman–Crippen MR) is 123 cm³/mol. The number of sulfonamides is 1. The molecular formula is C24H29N3O4S. The lowest BCUT2D eigenvalue weighted by molar-refractivity contribution is -0.126. The summed E-state index contributed by atoms with van der Waals surface area (Å²) in [6.45, 7) is 4.69. The Hall–Kier alpha value is -2.71. The Labute approximate surface area is 189 Å². The number of nitrogens with one attached hydrogen (secondary N) is 1. The van der Waals surface area contributed by atoms with Crippen LogP contribution in [-0.2, 0) is 31.6 Å². The Morgan fingerprint density at radius 1 is 1.09 bits per heavy atom. The van der Waals surface area contributed by atoms with Crippen LogP contribution in [0.25, 0.3) is 0 Å². The first kappa shape index (κ1) is 22.5. The molecule has 0 aliphatic carbocycles. The molecule has 2 aliphatic heterocycles. The summed E-state index contributed by atoms with van der Waals surface area (Å²) < 4.78 is 28.0. The molecule has 4 rings (SSSR count). The van der Waals surface area contributed by atoms with E-state index >= 15 is 0 Å². The highest BCUT2D eigenvalue weighted by Gasteiger charge is 2.43. The number of hydrogen-bond acceptors (Lipinski definition) is 4. The van der Waals surface area contributed by atoms with Crippen LogP contribution in [0.2, 0.25) is 0 Å². The van der Waals surface area contributed by atoms with Crippen molar-refractivity contribution in [1.82, 2.24) is 9.62 Å². The zero-order valence-electron chi connectivity index (χ0n) is 18.7. The van der Waals surface area contributed by atoms with E-state index in [1.165, 1.54) is 4.31 Å². The van der Waals surface area contributed by atoms with E-state index in [1.54, 1.807) is 30.1 Å². The lowest BCUT2D eigenvalue weighted by Gasteiger charge is -2.30. The molecule has 0 saturated carbocycles. The molecule has 2 heterocycles. The molecule has 0 unspecified atom stereocenters. The van der Waals surface area contributed by atoms with Gasteiger partial charge in [0.1, 0.15) is 0 Å². The topological polar surface area (TPSA) is 86.8 Å². The van der Waals surface area contributed by atoms with Crippen molar-refractivity contribution in [3.63, 3.8) is 0 Å². The van der Waals surface area contributed by atoms with Gasteiger partial charge in [0, 0.05) is 38.3 Å². The molecule has 2 aromatic carbocycles. The lowest BCUT2D eigenvalue weighted by atomic mass is 9.86. The van der Waals surface area contributed by atoms with Gasteiger partial charge in [0.15, 0.2) is 0 Å². The van der Waals surface area contributed by atoms with Crippen molar-refractivity contribution in [2.45, 2.75) is 43.5 Å². The maximum atomic E-state index is 13.3. The van der Waals surface area contributed by atoms with E-state index < -0.39 is 15.4 Å². The summed E-state index contributed by atoms with van der Waals surface area (Å²) >= 11 is 0. The Balaban J connectivity index is 1.42. The first-order chi connectivity index (χ1) is 15.1. The Kier molecular flexibility index (Phi) is 5.85. The average Bonchev–Trinajstić information content (AvgIpc) is 2.98. The minimum atomic E-state index is -3.70. The molecule has 2 aromatic rings. The van der Waals surface area contributed by atoms with Gasteiger partial charge in [-0.25, -0.2) is 8.42 Å². The van der Waals surface area contributed by atoms with Crippen molar-refractivity contribution in [2.75, 3.05) is 25.0 Å². The third-order valence-corrected chi connectivity index (χ3v) is 8.51. The second-order valence-corrected chi connectivity index (χ2v) is 11.0. The van der Waals surface area contributed by atoms with Crippen molar-refractivity contribution < 1.29 is 18.0 Å². The van der Waals surface area contributed by atoms with Gasteiger partial charge in [-0.3, -0.25) is 9.59 Å². The first-order valence-corrected chi connectivity index (χ1v) is 12.3. The number of rotatable bonds is 5. The highest BCUT2D eigenvalue weighted by Crippen LogP contribution is 2.42. The van der Waals surface area contributed by atoms with Crippen molar-refractivity contribution in [1.29, 1.82) is 0 Å². The molecule has 0 spiro atoms. The molecule has 0 atom stereocenters. The minimum Gasteiger partial charge on any atom is -0.352 e. The van der Waals surface area contributed by atoms with Crippen LogP contribution in [0, 0.1) is 5.92 Å². The Morgan fingerprint density at radius 3 is 2.41 bits per heavy atom. The zero-order valence-corrected chi connectivity index (χ0v) is 19.5. The van der Waals surface area contributed by atoms with Crippen LogP contribution in [0.5, 0.6) is 0 Å². The van der Waals surface area contributed by atoms with Gasteiger partial charge in [-0.05, 0) is 56.0 Å². The molecule has 170 valence electrons. The van der Waals surface area contributed by atoms with Gasteiger partial charge < -0.3 is 10.2 Å². The molecule has 2 aliphatic rings. The van der Waals surface area contributed by atoms with Gasteiger partial charge >= 0.3 is 0 Å². The van der Waals surface area contributed by atoms with E-state index in [0.717, 1.165) is 16.8 Å². The van der Waals surface area contributed by atoms with Crippen LogP contribution in [0.15, 0.2) is 53.4 Å². The lowest BCUT2D eigenvalue weighted by Crippen LogP contribution is -2.42. The number of benzene rings is 2. The predicted octanol–water partition coefficient (Wildman–Crippen LogP) is 2.66. The molecular weight excluding hydrogens is 426 g/mol. The molecule has 0 bridgehead atoms. The van der Waals surface area contributed by atoms with Gasteiger partial charge in [-0.1, -0.05) is 30.3 Å². The SMILES string of the molecule is CN1C(=O)C(C)(C)c2cc(S(=O)(=O)N3CCC(C(=O)NCc4ccccc4)CC3)ccc21. The standard InChI is InChI=1S/C24H29N3O4S/c1-24(2)20-15-19(9-10-21(20)26(3)23(24)29)32(30,31)27-13-11-18(12-14-27)22(28)25-16-17-7-5-4-6-8-17/h4-10,15,18H,11-14,16H2,1-3H3,(H,25,28). The summed E-state index contributed by atoms with van der Waals surface area (Å²) in [7, 11) is -2.00. The number of carbonyl (C=O) groups excluding carboxylic acids is 2. The summed E-state index contributed by atoms with van der Waals surface area (Å²) in [6, 6.07) is 14.6. The fourth-order valence-corrected chi connectivity index (χ4v) is 6.05. The summed E-state index contributed by atoms with van der Waals surface area (Å²) in [4.78, 5) is 26.8. The highest BCUT2D eigenvalue weighted by atomic mass is 32.2. The molecule has 1 N–H and O–H groups in total. The number of anilines is 1. The van der Waals surface area contributed by atoms with Gasteiger partial charge in [-0.15, -0.1) is 0 Å². The van der Waals surface area contributed by atoms with Crippen molar-refractivity contribution in [3.05, 3.63) is 59.7 Å². The van der Waals surface area contributed by atoms with E-state index in [1.807, 2.05) is 44.2 Å². The van der Waals surface area contributed by atoms with Crippen LogP contribution < -0.4 is 10.2 Å². The van der Waals surface area contributed by atoms with E-state index in [9.17, 15) is 18.0 Å². The van der Waals surface area contributed by atoms with E-state index in [2.05, 4.69) is 5.32 Å². The van der Waals surface area contributed by atoms with Gasteiger partial charge in [0.25, 0.3) is 0 Å². The smallest absolute Gasteiger partial charge is 0.243 e. The number of carbonyl (C=O) groups is 2. The number of piperidine rings is 1. The number of amides is 2. The highest BCUT2D eigenvalue weighted by molar-refractivity contribution is 7.89. The second kappa shape index (κ2) is 8.33. The van der Waals surface area contributed by atoms with E-state index in [4.69, 9.17) is 0 Å². The molecule has 32 heavy (non-hydrogen) atoms. The van der Waals surface area contributed by atoms with Gasteiger partial charge in [0.05, 0.1) is 10.3 Å². The van der Waals surface area contributed by atoms with Crippen LogP contribution in [0.3, 0.4) is 0 Å². The molecule has 8 heteroatoms. The largest absolute Gasteiger partial charge is 0.352 e. The molecule has 1 fully saturated rings. The maximum Gasteiger partial charge on any atom is 0.243 e. The average molecular weight is 456 g/mol. The fourth-order valence-electron chi connectivity index (χ4n) is 4.55. The normalized spacial score (nSPS) is 19.1. The Morgan fingerprint density at radius 2 is 1.75 bits per heavy atom. The summed E-state index contributed by atoms with van der Waals surface area (Å²) in [5.74, 6) is -0.286. The third-order valence-electron chi connectivity index (χ3n) is 6.61. The fraction of sp³-hybridized carbons (Fsp3) is 0.417. The minimum absolute atomic E-state index is 0.0354. The number of likely N-dealkylation sites (N-methyl/N-ethyl adjacent to an activating group) is 1. The molecule has 0 aromatic heterocycles. The Bertz CT molecular complexity index is 1140. The van der Waals surface area contributed by atoms with E-state index in [-0.39, 0.29) is 22.6 Å². The summed E-state index contributed by atoms with van der Waals surface area (Å²) in [6.07, 6.45) is 0.967. The summed E-state index contributed by atoms with van der Waals surface area (Å²) in [5.41, 5.74) is 1.73.